The largest absolute Gasteiger partial charge is 0.370 e. The minimum absolute atomic E-state index is 0.0955. The number of hydrogen-bond donors (Lipinski definition) is 1. The summed E-state index contributed by atoms with van der Waals surface area (Å²) in [5.74, 6) is 0.883. The molecular weight excluding hydrogens is 250 g/mol. The molecule has 1 rings (SSSR count). The number of nitrogens with zero attached hydrogens (tertiary/aromatic N) is 2. The Labute approximate surface area is 122 Å². The van der Waals surface area contributed by atoms with E-state index in [1.807, 2.05) is 24.0 Å². The van der Waals surface area contributed by atoms with Gasteiger partial charge in [-0.2, -0.15) is 0 Å². The summed E-state index contributed by atoms with van der Waals surface area (Å²) in [7, 11) is 0. The lowest BCUT2D eigenvalue weighted by molar-refractivity contribution is 0.0705. The molecule has 0 saturated heterocycles. The summed E-state index contributed by atoms with van der Waals surface area (Å²) >= 11 is 0. The highest BCUT2D eigenvalue weighted by atomic mass is 16.2. The van der Waals surface area contributed by atoms with Crippen LogP contribution in [-0.2, 0) is 6.42 Å². The Morgan fingerprint density at radius 2 is 2.00 bits per heavy atom. The fourth-order valence-electron chi connectivity index (χ4n) is 2.16. The van der Waals surface area contributed by atoms with E-state index < -0.39 is 0 Å². The van der Waals surface area contributed by atoms with Crippen LogP contribution >= 0.6 is 0 Å². The first-order valence-electron chi connectivity index (χ1n) is 7.59. The number of carbonyl (C=O) groups is 1. The van der Waals surface area contributed by atoms with E-state index in [4.69, 9.17) is 0 Å². The van der Waals surface area contributed by atoms with Crippen LogP contribution in [0, 0.1) is 0 Å². The third-order valence-corrected chi connectivity index (χ3v) is 3.19. The van der Waals surface area contributed by atoms with E-state index in [0.29, 0.717) is 0 Å². The van der Waals surface area contributed by atoms with Crippen molar-refractivity contribution in [3.05, 3.63) is 23.4 Å². The Kier molecular flexibility index (Phi) is 6.49. The molecule has 0 atom stereocenters. The van der Waals surface area contributed by atoms with Crippen molar-refractivity contribution < 1.29 is 4.79 Å². The highest BCUT2D eigenvalue weighted by Gasteiger charge is 2.19. The Balaban J connectivity index is 3.09. The van der Waals surface area contributed by atoms with E-state index in [-0.39, 0.29) is 11.9 Å². The summed E-state index contributed by atoms with van der Waals surface area (Å²) in [5, 5.41) is 3.20. The minimum atomic E-state index is 0.0955. The first-order chi connectivity index (χ1) is 9.53. The molecule has 0 aliphatic carbocycles. The standard InChI is InChI=1S/C16H27N3O/c1-6-9-19(12(4)5)16(20)13-10-14(7-2)18-15(11-13)17-8-3/h10-12H,6-9H2,1-5H3,(H,17,18). The molecule has 4 nitrogen and oxygen atoms in total. The number of pyridine rings is 1. The van der Waals surface area contributed by atoms with Crippen molar-refractivity contribution >= 4 is 11.7 Å². The Bertz CT molecular complexity index is 443. The molecule has 0 aliphatic heterocycles. The van der Waals surface area contributed by atoms with E-state index in [9.17, 15) is 4.79 Å². The second-order valence-electron chi connectivity index (χ2n) is 5.21. The maximum atomic E-state index is 12.7. The van der Waals surface area contributed by atoms with E-state index in [0.717, 1.165) is 43.0 Å². The van der Waals surface area contributed by atoms with E-state index in [1.54, 1.807) is 0 Å². The second kappa shape index (κ2) is 7.88. The molecule has 1 amide bonds. The molecule has 20 heavy (non-hydrogen) atoms. The van der Waals surface area contributed by atoms with Gasteiger partial charge in [0.05, 0.1) is 0 Å². The zero-order valence-electron chi connectivity index (χ0n) is 13.4. The molecule has 0 bridgehead atoms. The van der Waals surface area contributed by atoms with Gasteiger partial charge in [-0.05, 0) is 45.7 Å². The molecule has 4 heteroatoms. The molecule has 0 radical (unpaired) electrons. The Hall–Kier alpha value is -1.58. The molecule has 0 aromatic carbocycles. The number of aryl methyl sites for hydroxylation is 1. The Morgan fingerprint density at radius 1 is 1.30 bits per heavy atom. The van der Waals surface area contributed by atoms with Crippen LogP contribution in [0.1, 0.15) is 57.1 Å². The van der Waals surface area contributed by atoms with Crippen molar-refractivity contribution in [2.45, 2.75) is 53.5 Å². The molecule has 0 saturated carbocycles. The molecule has 0 unspecified atom stereocenters. The summed E-state index contributed by atoms with van der Waals surface area (Å²) < 4.78 is 0. The molecule has 0 spiro atoms. The highest BCUT2D eigenvalue weighted by Crippen LogP contribution is 2.15. The molecule has 112 valence electrons. The second-order valence-corrected chi connectivity index (χ2v) is 5.21. The van der Waals surface area contributed by atoms with Crippen LogP contribution in [0.5, 0.6) is 0 Å². The normalized spacial score (nSPS) is 10.7. The lowest BCUT2D eigenvalue weighted by Crippen LogP contribution is -2.37. The maximum Gasteiger partial charge on any atom is 0.254 e. The van der Waals surface area contributed by atoms with E-state index >= 15 is 0 Å². The van der Waals surface area contributed by atoms with E-state index in [1.165, 1.54) is 0 Å². The van der Waals surface area contributed by atoms with Gasteiger partial charge in [0.1, 0.15) is 5.82 Å². The SMILES string of the molecule is CCCN(C(=O)c1cc(CC)nc(NCC)c1)C(C)C. The molecule has 1 heterocycles. The van der Waals surface area contributed by atoms with Gasteiger partial charge in [0.25, 0.3) is 5.91 Å². The fourth-order valence-corrected chi connectivity index (χ4v) is 2.16. The van der Waals surface area contributed by atoms with Gasteiger partial charge in [0, 0.05) is 30.4 Å². The van der Waals surface area contributed by atoms with Crippen molar-refractivity contribution in [3.63, 3.8) is 0 Å². The van der Waals surface area contributed by atoms with Crippen LogP contribution in [-0.4, -0.2) is 34.9 Å². The number of rotatable bonds is 7. The fraction of sp³-hybridized carbons (Fsp3) is 0.625. The third-order valence-electron chi connectivity index (χ3n) is 3.19. The number of aromatic nitrogens is 1. The van der Waals surface area contributed by atoms with Crippen LogP contribution < -0.4 is 5.32 Å². The molecule has 1 aromatic heterocycles. The Morgan fingerprint density at radius 3 is 2.50 bits per heavy atom. The molecule has 0 aliphatic rings. The maximum absolute atomic E-state index is 12.7. The van der Waals surface area contributed by atoms with Crippen LogP contribution in [0.25, 0.3) is 0 Å². The summed E-state index contributed by atoms with van der Waals surface area (Å²) in [6.07, 6.45) is 1.80. The molecule has 1 N–H and O–H groups in total. The average molecular weight is 277 g/mol. The number of nitrogens with one attached hydrogen (secondary N) is 1. The number of anilines is 1. The summed E-state index contributed by atoms with van der Waals surface area (Å²) in [5.41, 5.74) is 1.68. The van der Waals surface area contributed by atoms with Crippen LogP contribution in [0.15, 0.2) is 12.1 Å². The van der Waals surface area contributed by atoms with Crippen LogP contribution in [0.2, 0.25) is 0 Å². The van der Waals surface area contributed by atoms with Gasteiger partial charge in [-0.15, -0.1) is 0 Å². The van der Waals surface area contributed by atoms with Crippen LogP contribution in [0.4, 0.5) is 5.82 Å². The van der Waals surface area contributed by atoms with Gasteiger partial charge in [-0.3, -0.25) is 4.79 Å². The number of hydrogen-bond acceptors (Lipinski definition) is 3. The van der Waals surface area contributed by atoms with Gasteiger partial charge in [0.2, 0.25) is 0 Å². The van der Waals surface area contributed by atoms with Gasteiger partial charge in [-0.25, -0.2) is 4.98 Å². The molecule has 0 fully saturated rings. The quantitative estimate of drug-likeness (QED) is 0.831. The van der Waals surface area contributed by atoms with Gasteiger partial charge >= 0.3 is 0 Å². The minimum Gasteiger partial charge on any atom is -0.370 e. The molecule has 1 aromatic rings. The van der Waals surface area contributed by atoms with Crippen molar-refractivity contribution in [3.8, 4) is 0 Å². The topological polar surface area (TPSA) is 45.2 Å². The van der Waals surface area contributed by atoms with Crippen molar-refractivity contribution in [2.24, 2.45) is 0 Å². The van der Waals surface area contributed by atoms with Crippen LogP contribution in [0.3, 0.4) is 0 Å². The summed E-state index contributed by atoms with van der Waals surface area (Å²) in [6, 6.07) is 3.98. The number of carbonyl (C=O) groups excluding carboxylic acids is 1. The van der Waals surface area contributed by atoms with Crippen molar-refractivity contribution in [2.75, 3.05) is 18.4 Å². The number of amides is 1. The zero-order valence-corrected chi connectivity index (χ0v) is 13.4. The lowest BCUT2D eigenvalue weighted by atomic mass is 10.1. The van der Waals surface area contributed by atoms with Gasteiger partial charge < -0.3 is 10.2 Å². The third kappa shape index (κ3) is 4.22. The predicted octanol–water partition coefficient (Wildman–Crippen LogP) is 3.34. The van der Waals surface area contributed by atoms with Gasteiger partial charge in [0.15, 0.2) is 0 Å². The smallest absolute Gasteiger partial charge is 0.254 e. The lowest BCUT2D eigenvalue weighted by Gasteiger charge is -2.26. The highest BCUT2D eigenvalue weighted by molar-refractivity contribution is 5.95. The zero-order chi connectivity index (χ0) is 15.1. The predicted molar refractivity (Wildman–Crippen MR) is 84.2 cm³/mol. The first-order valence-corrected chi connectivity index (χ1v) is 7.59. The average Bonchev–Trinajstić information content (AvgIpc) is 2.43. The summed E-state index contributed by atoms with van der Waals surface area (Å²) in [4.78, 5) is 19.1. The first kappa shape index (κ1) is 16.5. The summed E-state index contributed by atoms with van der Waals surface area (Å²) in [6.45, 7) is 11.9. The van der Waals surface area contributed by atoms with Crippen molar-refractivity contribution in [1.29, 1.82) is 0 Å². The van der Waals surface area contributed by atoms with Crippen molar-refractivity contribution in [1.82, 2.24) is 9.88 Å². The van der Waals surface area contributed by atoms with E-state index in [2.05, 4.69) is 38.0 Å². The monoisotopic (exact) mass is 277 g/mol. The molecular formula is C16H27N3O. The van der Waals surface area contributed by atoms with Gasteiger partial charge in [-0.1, -0.05) is 13.8 Å².